The van der Waals surface area contributed by atoms with Crippen LogP contribution in [0.3, 0.4) is 0 Å². The maximum absolute atomic E-state index is 12.4. The maximum atomic E-state index is 12.4. The van der Waals surface area contributed by atoms with Gasteiger partial charge < -0.3 is 10.2 Å². The van der Waals surface area contributed by atoms with Crippen LogP contribution in [0.4, 0.5) is 4.79 Å². The number of hydrogen-bond donors (Lipinski definition) is 1. The molecule has 0 aromatic heterocycles. The number of rotatable bonds is 2. The Labute approximate surface area is 129 Å². The zero-order valence-electron chi connectivity index (χ0n) is 13.5. The van der Waals surface area contributed by atoms with Crippen LogP contribution in [-0.2, 0) is 0 Å². The number of carbonyl (C=O) groups excluding carboxylic acids is 1. The number of carbonyl (C=O) groups is 1. The van der Waals surface area contributed by atoms with E-state index in [1.165, 1.54) is 38.5 Å². The summed E-state index contributed by atoms with van der Waals surface area (Å²) in [5, 5.41) is 3.26. The minimum atomic E-state index is 0.181. The van der Waals surface area contributed by atoms with Gasteiger partial charge in [-0.25, -0.2) is 4.79 Å². The van der Waals surface area contributed by atoms with Crippen LogP contribution in [0.2, 0.25) is 0 Å². The molecular formula is C17H31N3O. The van der Waals surface area contributed by atoms with E-state index in [1.54, 1.807) is 0 Å². The second-order valence-corrected chi connectivity index (χ2v) is 7.37. The van der Waals surface area contributed by atoms with Crippen LogP contribution in [0.15, 0.2) is 0 Å². The molecule has 2 saturated carbocycles. The monoisotopic (exact) mass is 293 g/mol. The van der Waals surface area contributed by atoms with Gasteiger partial charge in [-0.05, 0) is 44.4 Å². The van der Waals surface area contributed by atoms with Crippen molar-refractivity contribution in [3.8, 4) is 0 Å². The fourth-order valence-corrected chi connectivity index (χ4v) is 4.23. The zero-order chi connectivity index (χ0) is 14.7. The van der Waals surface area contributed by atoms with Gasteiger partial charge in [-0.2, -0.15) is 0 Å². The first-order valence-corrected chi connectivity index (χ1v) is 9.02. The number of hydrogen-bond acceptors (Lipinski definition) is 2. The SMILES string of the molecule is CC1CCC(NC(=O)N2CCN(C3CCCC3)CC2)CC1. The molecular weight excluding hydrogens is 262 g/mol. The third-order valence-electron chi connectivity index (χ3n) is 5.79. The molecule has 4 nitrogen and oxygen atoms in total. The summed E-state index contributed by atoms with van der Waals surface area (Å²) >= 11 is 0. The van der Waals surface area contributed by atoms with Gasteiger partial charge in [-0.3, -0.25) is 4.90 Å². The third kappa shape index (κ3) is 3.91. The molecule has 2 amide bonds. The van der Waals surface area contributed by atoms with E-state index in [-0.39, 0.29) is 6.03 Å². The molecule has 0 unspecified atom stereocenters. The first kappa shape index (κ1) is 15.1. The largest absolute Gasteiger partial charge is 0.335 e. The molecule has 0 aromatic rings. The highest BCUT2D eigenvalue weighted by molar-refractivity contribution is 5.74. The van der Waals surface area contributed by atoms with Crippen molar-refractivity contribution < 1.29 is 4.79 Å². The van der Waals surface area contributed by atoms with Gasteiger partial charge in [0.15, 0.2) is 0 Å². The summed E-state index contributed by atoms with van der Waals surface area (Å²) in [7, 11) is 0. The number of nitrogens with zero attached hydrogens (tertiary/aromatic N) is 2. The predicted octanol–water partition coefficient (Wildman–Crippen LogP) is 2.83. The summed E-state index contributed by atoms with van der Waals surface area (Å²) in [6, 6.07) is 1.40. The molecule has 21 heavy (non-hydrogen) atoms. The molecule has 2 aliphatic carbocycles. The maximum Gasteiger partial charge on any atom is 0.317 e. The molecule has 3 aliphatic rings. The van der Waals surface area contributed by atoms with Crippen LogP contribution in [0, 0.1) is 5.92 Å². The number of amides is 2. The average Bonchev–Trinajstić information content (AvgIpc) is 3.04. The molecule has 3 fully saturated rings. The Kier molecular flexibility index (Phi) is 5.04. The predicted molar refractivity (Wildman–Crippen MR) is 85.4 cm³/mol. The van der Waals surface area contributed by atoms with Gasteiger partial charge in [-0.1, -0.05) is 19.8 Å². The van der Waals surface area contributed by atoms with E-state index in [2.05, 4.69) is 17.1 Å². The second kappa shape index (κ2) is 6.99. The van der Waals surface area contributed by atoms with Crippen LogP contribution in [0.1, 0.15) is 58.3 Å². The Morgan fingerprint density at radius 3 is 2.14 bits per heavy atom. The van der Waals surface area contributed by atoms with Gasteiger partial charge in [0, 0.05) is 38.3 Å². The fraction of sp³-hybridized carbons (Fsp3) is 0.941. The quantitative estimate of drug-likeness (QED) is 0.850. The Bertz CT molecular complexity index is 338. The lowest BCUT2D eigenvalue weighted by Crippen LogP contribution is -2.55. The highest BCUT2D eigenvalue weighted by Gasteiger charge is 2.29. The lowest BCUT2D eigenvalue weighted by atomic mass is 9.87. The van der Waals surface area contributed by atoms with Gasteiger partial charge in [0.25, 0.3) is 0 Å². The van der Waals surface area contributed by atoms with E-state index in [9.17, 15) is 4.79 Å². The summed E-state index contributed by atoms with van der Waals surface area (Å²) in [5.74, 6) is 0.841. The fourth-order valence-electron chi connectivity index (χ4n) is 4.23. The molecule has 1 saturated heterocycles. The summed E-state index contributed by atoms with van der Waals surface area (Å²) in [6.07, 6.45) is 10.4. The van der Waals surface area contributed by atoms with Crippen molar-refractivity contribution in [3.63, 3.8) is 0 Å². The van der Waals surface area contributed by atoms with Crippen molar-refractivity contribution in [1.29, 1.82) is 0 Å². The van der Waals surface area contributed by atoms with Crippen molar-refractivity contribution >= 4 is 6.03 Å². The van der Waals surface area contributed by atoms with Crippen molar-refractivity contribution in [2.75, 3.05) is 26.2 Å². The number of piperazine rings is 1. The van der Waals surface area contributed by atoms with E-state index in [4.69, 9.17) is 0 Å². The van der Waals surface area contributed by atoms with Crippen LogP contribution >= 0.6 is 0 Å². The van der Waals surface area contributed by atoms with Gasteiger partial charge >= 0.3 is 6.03 Å². The highest BCUT2D eigenvalue weighted by Crippen LogP contribution is 2.25. The molecule has 0 aromatic carbocycles. The Hall–Kier alpha value is -0.770. The topological polar surface area (TPSA) is 35.6 Å². The highest BCUT2D eigenvalue weighted by atomic mass is 16.2. The summed E-state index contributed by atoms with van der Waals surface area (Å²) in [6.45, 7) is 6.27. The van der Waals surface area contributed by atoms with Crippen LogP contribution in [0.5, 0.6) is 0 Å². The molecule has 1 aliphatic heterocycles. The van der Waals surface area contributed by atoms with E-state index in [0.717, 1.165) is 51.0 Å². The second-order valence-electron chi connectivity index (χ2n) is 7.37. The smallest absolute Gasteiger partial charge is 0.317 e. The van der Waals surface area contributed by atoms with E-state index in [0.29, 0.717) is 6.04 Å². The van der Waals surface area contributed by atoms with Crippen molar-refractivity contribution in [2.24, 2.45) is 5.92 Å². The lowest BCUT2D eigenvalue weighted by molar-refractivity contribution is 0.107. The van der Waals surface area contributed by atoms with E-state index < -0.39 is 0 Å². The van der Waals surface area contributed by atoms with Crippen LogP contribution < -0.4 is 5.32 Å². The lowest BCUT2D eigenvalue weighted by Gasteiger charge is -2.39. The molecule has 0 bridgehead atoms. The van der Waals surface area contributed by atoms with Gasteiger partial charge in [0.1, 0.15) is 0 Å². The Balaban J connectivity index is 1.40. The molecule has 3 rings (SSSR count). The molecule has 0 spiro atoms. The number of nitrogens with one attached hydrogen (secondary N) is 1. The van der Waals surface area contributed by atoms with Gasteiger partial charge in [0.2, 0.25) is 0 Å². The van der Waals surface area contributed by atoms with Crippen LogP contribution in [-0.4, -0.2) is 54.1 Å². The third-order valence-corrected chi connectivity index (χ3v) is 5.79. The van der Waals surface area contributed by atoms with Gasteiger partial charge in [0.05, 0.1) is 0 Å². The molecule has 1 N–H and O–H groups in total. The Morgan fingerprint density at radius 1 is 0.905 bits per heavy atom. The standard InChI is InChI=1S/C17H31N3O/c1-14-6-8-15(9-7-14)18-17(21)20-12-10-19(11-13-20)16-4-2-3-5-16/h14-16H,2-13H2,1H3,(H,18,21). The zero-order valence-corrected chi connectivity index (χ0v) is 13.5. The first-order chi connectivity index (χ1) is 10.2. The summed E-state index contributed by atoms with van der Waals surface area (Å²) in [5.41, 5.74) is 0. The minimum Gasteiger partial charge on any atom is -0.335 e. The molecule has 1 heterocycles. The minimum absolute atomic E-state index is 0.181. The van der Waals surface area contributed by atoms with Crippen molar-refractivity contribution in [3.05, 3.63) is 0 Å². The summed E-state index contributed by atoms with van der Waals surface area (Å²) < 4.78 is 0. The normalized spacial score (nSPS) is 32.3. The van der Waals surface area contributed by atoms with Gasteiger partial charge in [-0.15, -0.1) is 0 Å². The van der Waals surface area contributed by atoms with Crippen molar-refractivity contribution in [2.45, 2.75) is 70.4 Å². The molecule has 0 radical (unpaired) electrons. The molecule has 0 atom stereocenters. The molecule has 120 valence electrons. The van der Waals surface area contributed by atoms with E-state index in [1.807, 2.05) is 4.90 Å². The first-order valence-electron chi connectivity index (χ1n) is 9.02. The average molecular weight is 293 g/mol. The Morgan fingerprint density at radius 2 is 1.52 bits per heavy atom. The summed E-state index contributed by atoms with van der Waals surface area (Å²) in [4.78, 5) is 17.0. The van der Waals surface area contributed by atoms with E-state index >= 15 is 0 Å². The number of urea groups is 1. The van der Waals surface area contributed by atoms with Crippen molar-refractivity contribution in [1.82, 2.24) is 15.1 Å². The van der Waals surface area contributed by atoms with Crippen LogP contribution in [0.25, 0.3) is 0 Å². The molecule has 4 heteroatoms.